The van der Waals surface area contributed by atoms with E-state index in [0.29, 0.717) is 12.5 Å². The second-order valence-electron chi connectivity index (χ2n) is 5.16. The summed E-state index contributed by atoms with van der Waals surface area (Å²) >= 11 is 0. The molecule has 1 aromatic rings. The normalized spacial score (nSPS) is 19.2. The Bertz CT molecular complexity index is 418. The summed E-state index contributed by atoms with van der Waals surface area (Å²) in [7, 11) is 0. The van der Waals surface area contributed by atoms with Crippen molar-refractivity contribution in [1.29, 1.82) is 0 Å². The van der Waals surface area contributed by atoms with E-state index >= 15 is 0 Å². The van der Waals surface area contributed by atoms with Crippen LogP contribution < -0.4 is 5.56 Å². The van der Waals surface area contributed by atoms with Crippen molar-refractivity contribution in [3.63, 3.8) is 0 Å². The summed E-state index contributed by atoms with van der Waals surface area (Å²) in [4.78, 5) is 11.7. The quantitative estimate of drug-likeness (QED) is 0.871. The van der Waals surface area contributed by atoms with Crippen molar-refractivity contribution < 1.29 is 5.11 Å². The summed E-state index contributed by atoms with van der Waals surface area (Å²) < 4.78 is 1.62. The largest absolute Gasteiger partial charge is 0.391 e. The van der Waals surface area contributed by atoms with Gasteiger partial charge in [-0.2, -0.15) is 0 Å². The van der Waals surface area contributed by atoms with Crippen LogP contribution in [0.5, 0.6) is 0 Å². The minimum Gasteiger partial charge on any atom is -0.391 e. The minimum absolute atomic E-state index is 0.0140. The zero-order valence-corrected chi connectivity index (χ0v) is 10.4. The van der Waals surface area contributed by atoms with E-state index in [1.807, 2.05) is 13.0 Å². The van der Waals surface area contributed by atoms with Gasteiger partial charge in [0.25, 0.3) is 5.56 Å². The summed E-state index contributed by atoms with van der Waals surface area (Å²) in [5.41, 5.74) is 0.957. The van der Waals surface area contributed by atoms with E-state index in [2.05, 4.69) is 0 Å². The summed E-state index contributed by atoms with van der Waals surface area (Å²) in [5.74, 6) is 0.372. The summed E-state index contributed by atoms with van der Waals surface area (Å²) in [6.45, 7) is 2.34. The summed E-state index contributed by atoms with van der Waals surface area (Å²) in [6, 6.07) is 3.53. The van der Waals surface area contributed by atoms with Gasteiger partial charge in [0.2, 0.25) is 0 Å². The number of pyridine rings is 1. The van der Waals surface area contributed by atoms with E-state index in [1.54, 1.807) is 16.8 Å². The molecule has 1 unspecified atom stereocenters. The van der Waals surface area contributed by atoms with Crippen LogP contribution >= 0.6 is 0 Å². The smallest absolute Gasteiger partial charge is 0.250 e. The number of nitrogens with zero attached hydrogens (tertiary/aromatic N) is 1. The molecule has 1 fully saturated rings. The monoisotopic (exact) mass is 235 g/mol. The molecule has 1 aromatic heterocycles. The molecule has 0 amide bonds. The van der Waals surface area contributed by atoms with Crippen LogP contribution in [0.1, 0.15) is 37.7 Å². The maximum atomic E-state index is 11.7. The van der Waals surface area contributed by atoms with Gasteiger partial charge in [0.15, 0.2) is 0 Å². The van der Waals surface area contributed by atoms with E-state index in [0.717, 1.165) is 18.4 Å². The van der Waals surface area contributed by atoms with Gasteiger partial charge in [0.05, 0.1) is 12.6 Å². The van der Waals surface area contributed by atoms with E-state index in [-0.39, 0.29) is 11.7 Å². The fraction of sp³-hybridized carbons (Fsp3) is 0.643. The van der Waals surface area contributed by atoms with Crippen LogP contribution in [0, 0.1) is 12.8 Å². The lowest BCUT2D eigenvalue weighted by Crippen LogP contribution is -2.32. The van der Waals surface area contributed by atoms with E-state index in [1.165, 1.54) is 19.3 Å². The summed E-state index contributed by atoms with van der Waals surface area (Å²) in [5, 5.41) is 10.2. The molecular formula is C14H21NO2. The Labute approximate surface area is 102 Å². The van der Waals surface area contributed by atoms with Gasteiger partial charge in [-0.05, 0) is 37.3 Å². The maximum absolute atomic E-state index is 11.7. The van der Waals surface area contributed by atoms with E-state index < -0.39 is 0 Å². The first-order valence-corrected chi connectivity index (χ1v) is 6.52. The van der Waals surface area contributed by atoms with Crippen molar-refractivity contribution in [3.05, 3.63) is 34.2 Å². The molecule has 2 rings (SSSR count). The molecule has 94 valence electrons. The van der Waals surface area contributed by atoms with Crippen LogP contribution in [0.15, 0.2) is 23.1 Å². The number of aliphatic hydroxyl groups excluding tert-OH is 1. The lowest BCUT2D eigenvalue weighted by Gasteiger charge is -2.26. The van der Waals surface area contributed by atoms with E-state index in [4.69, 9.17) is 0 Å². The van der Waals surface area contributed by atoms with Gasteiger partial charge in [-0.15, -0.1) is 0 Å². The number of hydrogen-bond acceptors (Lipinski definition) is 2. The molecule has 1 aliphatic carbocycles. The molecule has 1 heterocycles. The molecule has 0 spiro atoms. The van der Waals surface area contributed by atoms with Gasteiger partial charge in [-0.25, -0.2) is 0 Å². The van der Waals surface area contributed by atoms with Crippen LogP contribution in [-0.2, 0) is 6.54 Å². The highest BCUT2D eigenvalue weighted by Gasteiger charge is 2.21. The highest BCUT2D eigenvalue weighted by atomic mass is 16.3. The number of aliphatic hydroxyl groups is 1. The standard InChI is InChI=1S/C14H21NO2/c1-11-7-8-15(14(17)9-11)10-13(16)12-5-3-2-4-6-12/h7-9,12-13,16H,2-6,10H2,1H3. The SMILES string of the molecule is Cc1ccn(CC(O)C2CCCCC2)c(=O)c1. The molecule has 1 atom stereocenters. The molecule has 1 N–H and O–H groups in total. The molecule has 3 heteroatoms. The number of aromatic nitrogens is 1. The fourth-order valence-electron chi connectivity index (χ4n) is 2.63. The first-order valence-electron chi connectivity index (χ1n) is 6.52. The zero-order valence-electron chi connectivity index (χ0n) is 10.4. The third-order valence-electron chi connectivity index (χ3n) is 3.73. The predicted octanol–water partition coefficient (Wildman–Crippen LogP) is 2.10. The van der Waals surface area contributed by atoms with Crippen LogP contribution in [0.4, 0.5) is 0 Å². The molecular weight excluding hydrogens is 214 g/mol. The second-order valence-corrected chi connectivity index (χ2v) is 5.16. The van der Waals surface area contributed by atoms with Crippen molar-refractivity contribution in [2.24, 2.45) is 5.92 Å². The highest BCUT2D eigenvalue weighted by Crippen LogP contribution is 2.26. The molecule has 0 aliphatic heterocycles. The third kappa shape index (κ3) is 3.19. The first-order chi connectivity index (χ1) is 8.16. The molecule has 3 nitrogen and oxygen atoms in total. The van der Waals surface area contributed by atoms with Gasteiger partial charge in [0, 0.05) is 12.3 Å². The summed E-state index contributed by atoms with van der Waals surface area (Å²) in [6.07, 6.45) is 7.31. The molecule has 0 bridgehead atoms. The van der Waals surface area contributed by atoms with Gasteiger partial charge < -0.3 is 9.67 Å². The van der Waals surface area contributed by atoms with Gasteiger partial charge in [-0.1, -0.05) is 19.3 Å². The van der Waals surface area contributed by atoms with Crippen molar-refractivity contribution in [3.8, 4) is 0 Å². The Kier molecular flexibility index (Phi) is 4.00. The fourth-order valence-corrected chi connectivity index (χ4v) is 2.63. The Hall–Kier alpha value is -1.09. The Balaban J connectivity index is 2.01. The number of aryl methyl sites for hydroxylation is 1. The minimum atomic E-state index is -0.379. The molecule has 0 aromatic carbocycles. The molecule has 1 aliphatic rings. The topological polar surface area (TPSA) is 42.2 Å². The second kappa shape index (κ2) is 5.50. The predicted molar refractivity (Wildman–Crippen MR) is 68.0 cm³/mol. The van der Waals surface area contributed by atoms with Crippen molar-refractivity contribution in [2.75, 3.05) is 0 Å². The average molecular weight is 235 g/mol. The van der Waals surface area contributed by atoms with Crippen LogP contribution in [-0.4, -0.2) is 15.8 Å². The molecule has 0 radical (unpaired) electrons. The van der Waals surface area contributed by atoms with Gasteiger partial charge in [0.1, 0.15) is 0 Å². The lowest BCUT2D eigenvalue weighted by atomic mass is 9.85. The van der Waals surface area contributed by atoms with Crippen molar-refractivity contribution in [1.82, 2.24) is 4.57 Å². The van der Waals surface area contributed by atoms with Gasteiger partial charge >= 0.3 is 0 Å². The van der Waals surface area contributed by atoms with Crippen LogP contribution in [0.3, 0.4) is 0 Å². The van der Waals surface area contributed by atoms with Gasteiger partial charge in [-0.3, -0.25) is 4.79 Å². The third-order valence-corrected chi connectivity index (χ3v) is 3.73. The Morgan fingerprint density at radius 3 is 2.76 bits per heavy atom. The molecule has 0 saturated heterocycles. The number of rotatable bonds is 3. The average Bonchev–Trinajstić information content (AvgIpc) is 2.34. The van der Waals surface area contributed by atoms with Crippen LogP contribution in [0.25, 0.3) is 0 Å². The van der Waals surface area contributed by atoms with Crippen LogP contribution in [0.2, 0.25) is 0 Å². The molecule has 17 heavy (non-hydrogen) atoms. The Morgan fingerprint density at radius 2 is 2.12 bits per heavy atom. The highest BCUT2D eigenvalue weighted by molar-refractivity contribution is 5.08. The zero-order chi connectivity index (χ0) is 12.3. The lowest BCUT2D eigenvalue weighted by molar-refractivity contribution is 0.0687. The molecule has 1 saturated carbocycles. The van der Waals surface area contributed by atoms with E-state index in [9.17, 15) is 9.90 Å². The van der Waals surface area contributed by atoms with Crippen molar-refractivity contribution in [2.45, 2.75) is 51.7 Å². The maximum Gasteiger partial charge on any atom is 0.250 e. The first kappa shape index (κ1) is 12.4. The Morgan fingerprint density at radius 1 is 1.41 bits per heavy atom. The number of hydrogen-bond donors (Lipinski definition) is 1. The van der Waals surface area contributed by atoms with Crippen molar-refractivity contribution >= 4 is 0 Å².